The van der Waals surface area contributed by atoms with Gasteiger partial charge in [0.15, 0.2) is 5.65 Å². The number of nitrogens with one attached hydrogen (secondary N) is 1. The molecule has 0 aliphatic heterocycles. The summed E-state index contributed by atoms with van der Waals surface area (Å²) in [5.74, 6) is 3.18. The van der Waals surface area contributed by atoms with E-state index in [-0.39, 0.29) is 16.9 Å². The lowest BCUT2D eigenvalue weighted by molar-refractivity contribution is -0.137. The van der Waals surface area contributed by atoms with Gasteiger partial charge in [-0.25, -0.2) is 19.0 Å². The van der Waals surface area contributed by atoms with Gasteiger partial charge in [-0.3, -0.25) is 0 Å². The van der Waals surface area contributed by atoms with Crippen LogP contribution in [-0.4, -0.2) is 24.5 Å². The van der Waals surface area contributed by atoms with Gasteiger partial charge in [0.2, 0.25) is 0 Å². The Hall–Kier alpha value is -2.86. The normalized spacial score (nSPS) is 17.5. The third-order valence-electron chi connectivity index (χ3n) is 5.60. The fourth-order valence-electron chi connectivity index (χ4n) is 3.55. The van der Waals surface area contributed by atoms with Crippen LogP contribution in [0, 0.1) is 17.1 Å². The average Bonchev–Trinajstić information content (AvgIpc) is 3.45. The lowest BCUT2D eigenvalue weighted by atomic mass is 9.96. The third kappa shape index (κ3) is 3.16. The van der Waals surface area contributed by atoms with Crippen molar-refractivity contribution in [3.05, 3.63) is 41.6 Å². The number of benzene rings is 1. The number of hydrogen-bond acceptors (Lipinski definition) is 4. The van der Waals surface area contributed by atoms with Gasteiger partial charge in [0.25, 0.3) is 0 Å². The zero-order valence-electron chi connectivity index (χ0n) is 16.4. The molecular weight excluding hydrogens is 413 g/mol. The Balaban J connectivity index is 1.95. The Morgan fingerprint density at radius 3 is 2.60 bits per heavy atom. The molecule has 0 bridgehead atoms. The van der Waals surface area contributed by atoms with Crippen molar-refractivity contribution in [1.29, 1.82) is 4.78 Å². The number of hydrogen-bond donors (Lipinski definition) is 1. The summed E-state index contributed by atoms with van der Waals surface area (Å²) in [6, 6.07) is 6.17. The quantitative estimate of drug-likeness (QED) is 0.605. The minimum absolute atomic E-state index is 0.0765. The van der Waals surface area contributed by atoms with E-state index in [2.05, 4.69) is 15.9 Å². The van der Waals surface area contributed by atoms with E-state index in [1.165, 1.54) is 0 Å². The van der Waals surface area contributed by atoms with Crippen LogP contribution in [0.2, 0.25) is 0 Å². The summed E-state index contributed by atoms with van der Waals surface area (Å²) in [6.07, 6.45) is 3.56. The topological polar surface area (TPSA) is 71.6 Å². The van der Waals surface area contributed by atoms with Gasteiger partial charge < -0.3 is 4.57 Å². The van der Waals surface area contributed by atoms with Crippen molar-refractivity contribution in [1.82, 2.24) is 14.5 Å². The van der Waals surface area contributed by atoms with Crippen LogP contribution in [0.1, 0.15) is 30.9 Å². The molecule has 2 aromatic heterocycles. The highest BCUT2D eigenvalue weighted by Crippen LogP contribution is 2.48. The molecule has 1 aromatic carbocycles. The highest BCUT2D eigenvalue weighted by Gasteiger charge is 2.43. The fourth-order valence-corrected chi connectivity index (χ4v) is 4.69. The molecule has 3 aromatic rings. The molecule has 2 heterocycles. The minimum atomic E-state index is -4.53. The Bertz CT molecular complexity index is 1310. The second-order valence-corrected chi connectivity index (χ2v) is 9.83. The molecule has 0 radical (unpaired) electrons. The maximum absolute atomic E-state index is 13.1. The summed E-state index contributed by atoms with van der Waals surface area (Å²) in [7, 11) is -1.52. The first-order valence-corrected chi connectivity index (χ1v) is 11.0. The third-order valence-corrected chi connectivity index (χ3v) is 7.46. The predicted octanol–water partition coefficient (Wildman–Crippen LogP) is 4.74. The molecule has 0 spiro atoms. The number of pyridine rings is 1. The summed E-state index contributed by atoms with van der Waals surface area (Å²) in [4.78, 5) is 8.56. The maximum atomic E-state index is 13.1. The minimum Gasteiger partial charge on any atom is -0.312 e. The van der Waals surface area contributed by atoms with Crippen LogP contribution >= 0.6 is 0 Å². The van der Waals surface area contributed by atoms with Crippen LogP contribution in [-0.2, 0) is 28.4 Å². The average molecular weight is 432 g/mol. The number of alkyl halides is 3. The number of aryl methyl sites for hydroxylation is 1. The van der Waals surface area contributed by atoms with Crippen molar-refractivity contribution >= 4 is 20.9 Å². The molecular formula is C21H19F3N4OS. The molecule has 4 rings (SSSR count). The first-order chi connectivity index (χ1) is 14.0. The highest BCUT2D eigenvalue weighted by molar-refractivity contribution is 7.92. The first kappa shape index (κ1) is 20.4. The molecule has 30 heavy (non-hydrogen) atoms. The van der Waals surface area contributed by atoms with E-state index in [1.807, 2.05) is 6.07 Å². The summed E-state index contributed by atoms with van der Waals surface area (Å²) in [6.45, 7) is 1.66. The van der Waals surface area contributed by atoms with Crippen LogP contribution in [0.4, 0.5) is 13.2 Å². The van der Waals surface area contributed by atoms with Gasteiger partial charge in [-0.2, -0.15) is 13.2 Å². The van der Waals surface area contributed by atoms with E-state index >= 15 is 0 Å². The van der Waals surface area contributed by atoms with E-state index in [4.69, 9.17) is 11.2 Å². The molecule has 1 N–H and O–H groups in total. The second kappa shape index (κ2) is 6.57. The van der Waals surface area contributed by atoms with Gasteiger partial charge in [0, 0.05) is 24.6 Å². The number of terminal acetylenes is 1. The molecule has 1 atom stereocenters. The molecule has 0 amide bonds. The van der Waals surface area contributed by atoms with Crippen molar-refractivity contribution in [2.75, 3.05) is 5.75 Å². The summed E-state index contributed by atoms with van der Waals surface area (Å²) >= 11 is 0. The number of imidazole rings is 1. The number of fused-ring (bicyclic) bond motifs is 1. The molecule has 9 heteroatoms. The van der Waals surface area contributed by atoms with Gasteiger partial charge in [-0.1, -0.05) is 18.9 Å². The van der Waals surface area contributed by atoms with Crippen molar-refractivity contribution in [2.45, 2.75) is 36.3 Å². The lowest BCUT2D eigenvalue weighted by Crippen LogP contribution is -2.10. The largest absolute Gasteiger partial charge is 0.417 e. The Kier molecular flexibility index (Phi) is 4.47. The molecule has 1 unspecified atom stereocenters. The predicted molar refractivity (Wildman–Crippen MR) is 108 cm³/mol. The Labute approximate surface area is 172 Å². The zero-order valence-corrected chi connectivity index (χ0v) is 17.2. The van der Waals surface area contributed by atoms with Crippen LogP contribution in [0.5, 0.6) is 0 Å². The van der Waals surface area contributed by atoms with E-state index in [9.17, 15) is 17.4 Å². The number of nitrogens with zero attached hydrogens (tertiary/aromatic N) is 3. The van der Waals surface area contributed by atoms with Crippen LogP contribution in [0.25, 0.3) is 22.6 Å². The van der Waals surface area contributed by atoms with E-state index < -0.39 is 26.9 Å². The van der Waals surface area contributed by atoms with Gasteiger partial charge in [-0.05, 0) is 36.6 Å². The van der Waals surface area contributed by atoms with Crippen molar-refractivity contribution in [3.63, 3.8) is 0 Å². The standard InChI is InChI=1S/C21H19F3N4OS/c1-4-20(8-9-20)13-6-7-15(17(11-13)30(25,29)5-2)18-27-16-10-14(21(22,23)24)12-26-19(16)28(18)3/h1,6-7,10-12,25H,5,8-9H2,2-3H3. The van der Waals surface area contributed by atoms with Crippen LogP contribution in [0.15, 0.2) is 35.4 Å². The van der Waals surface area contributed by atoms with Gasteiger partial charge in [0.05, 0.1) is 25.6 Å². The van der Waals surface area contributed by atoms with E-state index in [0.29, 0.717) is 16.3 Å². The molecule has 1 aliphatic rings. The number of aromatic nitrogens is 3. The van der Waals surface area contributed by atoms with Crippen molar-refractivity contribution < 1.29 is 17.4 Å². The van der Waals surface area contributed by atoms with Crippen LogP contribution in [0.3, 0.4) is 0 Å². The SMILES string of the molecule is C#CC1(c2ccc(-c3nc4cc(C(F)(F)F)cnc4n3C)c(S(=N)(=O)CC)c2)CC1. The second-order valence-electron chi connectivity index (χ2n) is 7.46. The molecule has 5 nitrogen and oxygen atoms in total. The maximum Gasteiger partial charge on any atom is 0.417 e. The summed E-state index contributed by atoms with van der Waals surface area (Å²) in [5.41, 5.74) is 0.316. The highest BCUT2D eigenvalue weighted by atomic mass is 32.2. The van der Waals surface area contributed by atoms with Crippen molar-refractivity contribution in [2.24, 2.45) is 7.05 Å². The Morgan fingerprint density at radius 1 is 1.33 bits per heavy atom. The van der Waals surface area contributed by atoms with Gasteiger partial charge >= 0.3 is 6.18 Å². The van der Waals surface area contributed by atoms with Crippen molar-refractivity contribution in [3.8, 4) is 23.7 Å². The zero-order chi connectivity index (χ0) is 21.9. The molecule has 1 aliphatic carbocycles. The fraction of sp³-hybridized carbons (Fsp3) is 0.333. The molecule has 1 saturated carbocycles. The first-order valence-electron chi connectivity index (χ1n) is 9.31. The number of rotatable bonds is 4. The Morgan fingerprint density at radius 2 is 2.03 bits per heavy atom. The molecule has 156 valence electrons. The monoisotopic (exact) mass is 432 g/mol. The van der Waals surface area contributed by atoms with E-state index in [0.717, 1.165) is 30.7 Å². The van der Waals surface area contributed by atoms with Gasteiger partial charge in [0.1, 0.15) is 11.3 Å². The molecule has 0 saturated heterocycles. The van der Waals surface area contributed by atoms with Crippen LogP contribution < -0.4 is 0 Å². The molecule has 1 fully saturated rings. The number of halogens is 3. The smallest absolute Gasteiger partial charge is 0.312 e. The summed E-state index contributed by atoms with van der Waals surface area (Å²) in [5, 5.41) is 0. The van der Waals surface area contributed by atoms with E-state index in [1.54, 1.807) is 30.7 Å². The summed E-state index contributed by atoms with van der Waals surface area (Å²) < 4.78 is 62.2. The van der Waals surface area contributed by atoms with Gasteiger partial charge in [-0.15, -0.1) is 6.42 Å². The lowest BCUT2D eigenvalue weighted by Gasteiger charge is -2.16.